The number of thiophene rings is 1. The molecule has 1 atom stereocenters. The molecule has 2 aromatic rings. The van der Waals surface area contributed by atoms with Gasteiger partial charge < -0.3 is 10.2 Å². The molecule has 1 fully saturated rings. The van der Waals surface area contributed by atoms with Gasteiger partial charge in [-0.3, -0.25) is 0 Å². The molecule has 2 aliphatic rings. The Morgan fingerprint density at radius 3 is 2.71 bits per heavy atom. The van der Waals surface area contributed by atoms with Crippen LogP contribution >= 0.6 is 11.3 Å². The van der Waals surface area contributed by atoms with Crippen LogP contribution in [0.3, 0.4) is 0 Å². The highest BCUT2D eigenvalue weighted by Crippen LogP contribution is 2.50. The predicted octanol–water partition coefficient (Wildman–Crippen LogP) is 5.13. The molecule has 0 bridgehead atoms. The highest BCUT2D eigenvalue weighted by atomic mass is 32.1. The maximum Gasteiger partial charge on any atom is 0.146 e. The van der Waals surface area contributed by atoms with Gasteiger partial charge in [0.05, 0.1) is 11.1 Å². The van der Waals surface area contributed by atoms with Crippen LogP contribution in [-0.2, 0) is 0 Å². The normalized spacial score (nSPS) is 23.5. The average Bonchev–Trinajstić information content (AvgIpc) is 3.32. The number of alkyl halides is 1. The molecule has 1 unspecified atom stereocenters. The van der Waals surface area contributed by atoms with E-state index in [4.69, 9.17) is 0 Å². The Hall–Kier alpha value is -2.14. The van der Waals surface area contributed by atoms with Gasteiger partial charge in [0.1, 0.15) is 22.0 Å². The van der Waals surface area contributed by atoms with Crippen molar-refractivity contribution in [1.29, 1.82) is 0 Å². The van der Waals surface area contributed by atoms with E-state index in [0.29, 0.717) is 27.0 Å². The highest BCUT2D eigenvalue weighted by molar-refractivity contribution is 7.19. The standard InChI is InChI=1S/C19H18FNO2S/c1-10-16(22)14-13(12-5-3-4-8-19(2,20)9-12)17(23)15(11-6-7-11)21-18(14)24-10/h3-5,8-9,11,22-23H,6-7H2,1-2H3. The van der Waals surface area contributed by atoms with Crippen molar-refractivity contribution in [3.05, 3.63) is 46.5 Å². The van der Waals surface area contributed by atoms with E-state index < -0.39 is 5.67 Å². The molecular weight excluding hydrogens is 325 g/mol. The van der Waals surface area contributed by atoms with Crippen LogP contribution in [0, 0.1) is 6.92 Å². The third kappa shape index (κ3) is 2.44. The van der Waals surface area contributed by atoms with Crippen molar-refractivity contribution >= 4 is 27.1 Å². The van der Waals surface area contributed by atoms with Crippen molar-refractivity contribution in [2.24, 2.45) is 0 Å². The second-order valence-corrected chi connectivity index (χ2v) is 7.85. The zero-order valence-corrected chi connectivity index (χ0v) is 14.3. The summed E-state index contributed by atoms with van der Waals surface area (Å²) in [7, 11) is 0. The number of aromatic nitrogens is 1. The lowest BCUT2D eigenvalue weighted by Gasteiger charge is -2.15. The fourth-order valence-electron chi connectivity index (χ4n) is 3.12. The van der Waals surface area contributed by atoms with Gasteiger partial charge in [-0.1, -0.05) is 18.2 Å². The summed E-state index contributed by atoms with van der Waals surface area (Å²) in [4.78, 5) is 6.01. The number of halogens is 1. The number of hydrogen-bond donors (Lipinski definition) is 2. The molecule has 4 rings (SSSR count). The molecule has 0 saturated heterocycles. The molecular formula is C19H18FNO2S. The maximum absolute atomic E-state index is 14.6. The molecule has 0 aromatic carbocycles. The Bertz CT molecular complexity index is 933. The number of aromatic hydroxyl groups is 2. The number of fused-ring (bicyclic) bond motifs is 1. The number of hydrogen-bond acceptors (Lipinski definition) is 4. The molecule has 24 heavy (non-hydrogen) atoms. The van der Waals surface area contributed by atoms with Crippen LogP contribution in [0.1, 0.15) is 41.8 Å². The van der Waals surface area contributed by atoms with Gasteiger partial charge in [-0.2, -0.15) is 0 Å². The summed E-state index contributed by atoms with van der Waals surface area (Å²) < 4.78 is 14.6. The van der Waals surface area contributed by atoms with Crippen molar-refractivity contribution in [1.82, 2.24) is 4.98 Å². The Morgan fingerprint density at radius 1 is 1.25 bits per heavy atom. The number of aryl methyl sites for hydroxylation is 1. The van der Waals surface area contributed by atoms with Crippen molar-refractivity contribution in [3.8, 4) is 11.5 Å². The first-order chi connectivity index (χ1) is 11.4. The molecule has 5 heteroatoms. The molecule has 3 nitrogen and oxygen atoms in total. The molecule has 1 saturated carbocycles. The van der Waals surface area contributed by atoms with Crippen molar-refractivity contribution in [3.63, 3.8) is 0 Å². The Kier molecular flexibility index (Phi) is 3.32. The first-order valence-electron chi connectivity index (χ1n) is 8.00. The number of nitrogens with zero attached hydrogens (tertiary/aromatic N) is 1. The van der Waals surface area contributed by atoms with Gasteiger partial charge in [0, 0.05) is 16.4 Å². The molecule has 0 spiro atoms. The Morgan fingerprint density at radius 2 is 2.00 bits per heavy atom. The summed E-state index contributed by atoms with van der Waals surface area (Å²) in [6, 6.07) is 0. The number of pyridine rings is 1. The summed E-state index contributed by atoms with van der Waals surface area (Å²) in [5, 5.41) is 21.8. The minimum atomic E-state index is -1.62. The predicted molar refractivity (Wildman–Crippen MR) is 95.4 cm³/mol. The van der Waals surface area contributed by atoms with Crippen LogP contribution < -0.4 is 0 Å². The van der Waals surface area contributed by atoms with Crippen LogP contribution in [0.2, 0.25) is 0 Å². The van der Waals surface area contributed by atoms with E-state index in [0.717, 1.165) is 17.7 Å². The summed E-state index contributed by atoms with van der Waals surface area (Å²) >= 11 is 1.40. The highest BCUT2D eigenvalue weighted by Gasteiger charge is 2.32. The van der Waals surface area contributed by atoms with Gasteiger partial charge >= 0.3 is 0 Å². The van der Waals surface area contributed by atoms with E-state index >= 15 is 0 Å². The van der Waals surface area contributed by atoms with Crippen molar-refractivity contribution < 1.29 is 14.6 Å². The van der Waals surface area contributed by atoms with Crippen LogP contribution in [0.5, 0.6) is 11.5 Å². The fraction of sp³-hybridized carbons (Fsp3) is 0.316. The van der Waals surface area contributed by atoms with Gasteiger partial charge in [0.2, 0.25) is 0 Å². The smallest absolute Gasteiger partial charge is 0.146 e. The van der Waals surface area contributed by atoms with E-state index in [1.165, 1.54) is 30.4 Å². The minimum absolute atomic E-state index is 0.0618. The molecule has 0 amide bonds. The Labute approximate surface area is 143 Å². The number of rotatable bonds is 2. The zero-order chi connectivity index (χ0) is 17.1. The molecule has 2 aliphatic carbocycles. The van der Waals surface area contributed by atoms with Crippen LogP contribution in [-0.4, -0.2) is 20.9 Å². The lowest BCUT2D eigenvalue weighted by molar-refractivity contribution is 0.329. The minimum Gasteiger partial charge on any atom is -0.506 e. The van der Waals surface area contributed by atoms with E-state index in [1.54, 1.807) is 18.2 Å². The summed E-state index contributed by atoms with van der Waals surface area (Å²) in [5.74, 6) is 0.428. The largest absolute Gasteiger partial charge is 0.506 e. The van der Waals surface area contributed by atoms with Crippen molar-refractivity contribution in [2.45, 2.75) is 38.3 Å². The molecule has 0 aliphatic heterocycles. The van der Waals surface area contributed by atoms with E-state index in [-0.39, 0.29) is 17.4 Å². The SMILES string of the molecule is Cc1sc2nc(C3CC3)c(O)c(C3=CC(C)(F)C=CC=C3)c2c1O. The zero-order valence-electron chi connectivity index (χ0n) is 13.5. The first kappa shape index (κ1) is 15.4. The molecule has 124 valence electrons. The lowest BCUT2D eigenvalue weighted by Crippen LogP contribution is -2.09. The molecule has 2 heterocycles. The second kappa shape index (κ2) is 5.18. The van der Waals surface area contributed by atoms with Crippen LogP contribution in [0.15, 0.2) is 30.4 Å². The fourth-order valence-corrected chi connectivity index (χ4v) is 4.05. The van der Waals surface area contributed by atoms with Gasteiger partial charge in [-0.25, -0.2) is 9.37 Å². The molecule has 0 radical (unpaired) electrons. The monoisotopic (exact) mass is 343 g/mol. The quantitative estimate of drug-likeness (QED) is 0.795. The van der Waals surface area contributed by atoms with Crippen molar-refractivity contribution in [2.75, 3.05) is 0 Å². The van der Waals surface area contributed by atoms with Gasteiger partial charge in [-0.15, -0.1) is 11.3 Å². The summed E-state index contributed by atoms with van der Waals surface area (Å²) in [5.41, 5.74) is 0.0738. The Balaban J connectivity index is 2.06. The third-order valence-corrected chi connectivity index (χ3v) is 5.47. The van der Waals surface area contributed by atoms with E-state index in [1.807, 2.05) is 6.92 Å². The molecule has 2 aromatic heterocycles. The van der Waals surface area contributed by atoms with E-state index in [9.17, 15) is 14.6 Å². The number of allylic oxidation sites excluding steroid dienone is 6. The topological polar surface area (TPSA) is 53.4 Å². The van der Waals surface area contributed by atoms with Gasteiger partial charge in [-0.05, 0) is 44.4 Å². The maximum atomic E-state index is 14.6. The third-order valence-electron chi connectivity index (χ3n) is 4.48. The van der Waals surface area contributed by atoms with Gasteiger partial charge in [0.25, 0.3) is 0 Å². The second-order valence-electron chi connectivity index (χ2n) is 6.65. The summed E-state index contributed by atoms with van der Waals surface area (Å²) in [6.45, 7) is 3.28. The van der Waals surface area contributed by atoms with Gasteiger partial charge in [0.15, 0.2) is 0 Å². The van der Waals surface area contributed by atoms with Crippen LogP contribution in [0.25, 0.3) is 15.8 Å². The average molecular weight is 343 g/mol. The summed E-state index contributed by atoms with van der Waals surface area (Å²) in [6.07, 6.45) is 10.1. The van der Waals surface area contributed by atoms with E-state index in [2.05, 4.69) is 4.98 Å². The lowest BCUT2D eigenvalue weighted by atomic mass is 9.95. The van der Waals surface area contributed by atoms with Crippen LogP contribution in [0.4, 0.5) is 4.39 Å². The molecule has 2 N–H and O–H groups in total. The first-order valence-corrected chi connectivity index (χ1v) is 8.82.